The topological polar surface area (TPSA) is 101 Å². The average Bonchev–Trinajstić information content (AvgIpc) is 2.98. The first kappa shape index (κ1) is 19.4. The van der Waals surface area contributed by atoms with Crippen LogP contribution in [-0.4, -0.2) is 57.0 Å². The fraction of sp³-hybridized carbons (Fsp3) is 0.389. The van der Waals surface area contributed by atoms with Crippen LogP contribution in [0.1, 0.15) is 21.7 Å². The van der Waals surface area contributed by atoms with Crippen molar-refractivity contribution in [3.8, 4) is 5.75 Å². The standard InChI is InChI=1S/C18H23N3O5S/c1-12-16(18(22)20-14-6-4-5-7-15(14)25-3)19-13(2)17(12)27(23,24)21-8-10-26-11-9-21/h4-7,19H,8-11H2,1-3H3,(H,20,22). The Morgan fingerprint density at radius 2 is 1.89 bits per heavy atom. The zero-order valence-corrected chi connectivity index (χ0v) is 16.4. The molecule has 0 aliphatic carbocycles. The Hall–Kier alpha value is -2.36. The summed E-state index contributed by atoms with van der Waals surface area (Å²) in [4.78, 5) is 15.8. The number of morpholine rings is 1. The lowest BCUT2D eigenvalue weighted by atomic mass is 10.2. The molecule has 0 bridgehead atoms. The number of methoxy groups -OCH3 is 1. The number of amides is 1. The van der Waals surface area contributed by atoms with Crippen molar-refractivity contribution in [1.29, 1.82) is 0 Å². The molecule has 1 aromatic carbocycles. The molecule has 9 heteroatoms. The van der Waals surface area contributed by atoms with Crippen molar-refractivity contribution in [2.45, 2.75) is 18.7 Å². The van der Waals surface area contributed by atoms with Crippen LogP contribution >= 0.6 is 0 Å². The number of para-hydroxylation sites is 2. The number of carbonyl (C=O) groups excluding carboxylic acids is 1. The number of nitrogens with zero attached hydrogens (tertiary/aromatic N) is 1. The Kier molecular flexibility index (Phi) is 5.54. The number of hydrogen-bond donors (Lipinski definition) is 2. The first-order valence-electron chi connectivity index (χ1n) is 8.57. The van der Waals surface area contributed by atoms with Gasteiger partial charge in [-0.05, 0) is 31.5 Å². The average molecular weight is 393 g/mol. The first-order valence-corrected chi connectivity index (χ1v) is 10.0. The number of rotatable bonds is 5. The Morgan fingerprint density at radius 1 is 1.22 bits per heavy atom. The monoisotopic (exact) mass is 393 g/mol. The highest BCUT2D eigenvalue weighted by Gasteiger charge is 2.32. The number of sulfonamides is 1. The summed E-state index contributed by atoms with van der Waals surface area (Å²) in [7, 11) is -2.19. The number of anilines is 1. The second-order valence-electron chi connectivity index (χ2n) is 6.25. The zero-order valence-electron chi connectivity index (χ0n) is 15.5. The number of aryl methyl sites for hydroxylation is 1. The third kappa shape index (κ3) is 3.71. The van der Waals surface area contributed by atoms with Crippen LogP contribution in [0.15, 0.2) is 29.2 Å². The molecular formula is C18H23N3O5S. The lowest BCUT2D eigenvalue weighted by Crippen LogP contribution is -2.40. The molecule has 0 unspecified atom stereocenters. The van der Waals surface area contributed by atoms with Gasteiger partial charge in [-0.1, -0.05) is 12.1 Å². The van der Waals surface area contributed by atoms with E-state index in [1.807, 2.05) is 0 Å². The van der Waals surface area contributed by atoms with E-state index in [4.69, 9.17) is 9.47 Å². The number of nitrogens with one attached hydrogen (secondary N) is 2. The molecule has 2 heterocycles. The molecule has 146 valence electrons. The highest BCUT2D eigenvalue weighted by molar-refractivity contribution is 7.89. The number of carbonyl (C=O) groups is 1. The summed E-state index contributed by atoms with van der Waals surface area (Å²) in [6.45, 7) is 4.62. The number of aromatic nitrogens is 1. The van der Waals surface area contributed by atoms with Gasteiger partial charge in [-0.2, -0.15) is 4.31 Å². The van der Waals surface area contributed by atoms with Gasteiger partial charge >= 0.3 is 0 Å². The van der Waals surface area contributed by atoms with Crippen LogP contribution in [0.3, 0.4) is 0 Å². The minimum Gasteiger partial charge on any atom is -0.495 e. The third-order valence-corrected chi connectivity index (χ3v) is 6.69. The van der Waals surface area contributed by atoms with Crippen LogP contribution in [0.4, 0.5) is 5.69 Å². The molecule has 2 aromatic rings. The van der Waals surface area contributed by atoms with E-state index in [9.17, 15) is 13.2 Å². The molecule has 1 aliphatic heterocycles. The maximum atomic E-state index is 13.0. The van der Waals surface area contributed by atoms with Crippen molar-refractivity contribution in [1.82, 2.24) is 9.29 Å². The quantitative estimate of drug-likeness (QED) is 0.808. The van der Waals surface area contributed by atoms with Gasteiger partial charge in [-0.3, -0.25) is 4.79 Å². The van der Waals surface area contributed by atoms with Gasteiger partial charge in [-0.25, -0.2) is 8.42 Å². The zero-order chi connectivity index (χ0) is 19.6. The summed E-state index contributed by atoms with van der Waals surface area (Å²) < 4.78 is 37.9. The largest absolute Gasteiger partial charge is 0.495 e. The van der Waals surface area contributed by atoms with Crippen LogP contribution in [0.2, 0.25) is 0 Å². The van der Waals surface area contributed by atoms with Gasteiger partial charge in [0, 0.05) is 18.8 Å². The minimum atomic E-state index is -3.70. The lowest BCUT2D eigenvalue weighted by molar-refractivity contribution is 0.0730. The van der Waals surface area contributed by atoms with Crippen molar-refractivity contribution in [3.63, 3.8) is 0 Å². The number of aromatic amines is 1. The molecule has 0 radical (unpaired) electrons. The second-order valence-corrected chi connectivity index (χ2v) is 8.12. The minimum absolute atomic E-state index is 0.148. The Bertz CT molecular complexity index is 946. The van der Waals surface area contributed by atoms with E-state index in [-0.39, 0.29) is 10.6 Å². The molecule has 8 nitrogen and oxygen atoms in total. The van der Waals surface area contributed by atoms with E-state index in [1.54, 1.807) is 38.1 Å². The number of ether oxygens (including phenoxy) is 2. The molecule has 27 heavy (non-hydrogen) atoms. The molecule has 0 atom stereocenters. The van der Waals surface area contributed by atoms with E-state index in [0.717, 1.165) is 0 Å². The number of benzene rings is 1. The number of H-pyrrole nitrogens is 1. The molecule has 2 N–H and O–H groups in total. The smallest absolute Gasteiger partial charge is 0.272 e. The highest BCUT2D eigenvalue weighted by atomic mass is 32.2. The van der Waals surface area contributed by atoms with E-state index >= 15 is 0 Å². The molecule has 1 saturated heterocycles. The van der Waals surface area contributed by atoms with Crippen molar-refractivity contribution in [2.24, 2.45) is 0 Å². The molecule has 1 aliphatic rings. The van der Waals surface area contributed by atoms with Gasteiger partial charge in [-0.15, -0.1) is 0 Å². The van der Waals surface area contributed by atoms with Gasteiger partial charge in [0.05, 0.1) is 26.0 Å². The Morgan fingerprint density at radius 3 is 2.56 bits per heavy atom. The van der Waals surface area contributed by atoms with E-state index in [0.29, 0.717) is 49.0 Å². The van der Waals surface area contributed by atoms with Gasteiger partial charge in [0.25, 0.3) is 5.91 Å². The van der Waals surface area contributed by atoms with Crippen molar-refractivity contribution in [2.75, 3.05) is 38.7 Å². The first-order chi connectivity index (χ1) is 12.9. The van der Waals surface area contributed by atoms with Crippen LogP contribution in [0.25, 0.3) is 0 Å². The molecule has 1 fully saturated rings. The number of hydrogen-bond acceptors (Lipinski definition) is 5. The van der Waals surface area contributed by atoms with Gasteiger partial charge < -0.3 is 19.8 Å². The van der Waals surface area contributed by atoms with Gasteiger partial charge in [0.2, 0.25) is 10.0 Å². The second kappa shape index (κ2) is 7.71. The van der Waals surface area contributed by atoms with E-state index in [2.05, 4.69) is 10.3 Å². The van der Waals surface area contributed by atoms with Crippen molar-refractivity contribution in [3.05, 3.63) is 41.2 Å². The predicted molar refractivity (Wildman–Crippen MR) is 101 cm³/mol. The van der Waals surface area contributed by atoms with Gasteiger partial charge in [0.15, 0.2) is 0 Å². The molecule has 0 saturated carbocycles. The van der Waals surface area contributed by atoms with Crippen LogP contribution < -0.4 is 10.1 Å². The summed E-state index contributed by atoms with van der Waals surface area (Å²) in [5.74, 6) is 0.0940. The molecule has 0 spiro atoms. The predicted octanol–water partition coefficient (Wildman–Crippen LogP) is 1.91. The highest BCUT2D eigenvalue weighted by Crippen LogP contribution is 2.29. The SMILES string of the molecule is COc1ccccc1NC(=O)c1[nH]c(C)c(S(=O)(=O)N2CCOCC2)c1C. The van der Waals surface area contributed by atoms with E-state index < -0.39 is 15.9 Å². The normalized spacial score (nSPS) is 15.5. The Balaban J connectivity index is 1.92. The summed E-state index contributed by atoms with van der Waals surface area (Å²) in [6, 6.07) is 7.02. The third-order valence-electron chi connectivity index (χ3n) is 4.52. The lowest BCUT2D eigenvalue weighted by Gasteiger charge is -2.26. The molecule has 1 amide bonds. The maximum Gasteiger partial charge on any atom is 0.272 e. The van der Waals surface area contributed by atoms with Crippen LogP contribution in [0, 0.1) is 13.8 Å². The summed E-state index contributed by atoms with van der Waals surface area (Å²) >= 11 is 0. The summed E-state index contributed by atoms with van der Waals surface area (Å²) in [5.41, 5.74) is 1.55. The van der Waals surface area contributed by atoms with E-state index in [1.165, 1.54) is 11.4 Å². The van der Waals surface area contributed by atoms with Crippen LogP contribution in [0.5, 0.6) is 5.75 Å². The molecule has 1 aromatic heterocycles. The van der Waals surface area contributed by atoms with Gasteiger partial charge in [0.1, 0.15) is 16.3 Å². The fourth-order valence-electron chi connectivity index (χ4n) is 3.20. The maximum absolute atomic E-state index is 13.0. The molecule has 3 rings (SSSR count). The Labute approximate surface area is 158 Å². The van der Waals surface area contributed by atoms with Crippen LogP contribution in [-0.2, 0) is 14.8 Å². The summed E-state index contributed by atoms with van der Waals surface area (Å²) in [6.07, 6.45) is 0. The molecular weight excluding hydrogens is 370 g/mol. The van der Waals surface area contributed by atoms with Crippen molar-refractivity contribution >= 4 is 21.6 Å². The summed E-state index contributed by atoms with van der Waals surface area (Å²) in [5, 5.41) is 2.77. The fourth-order valence-corrected chi connectivity index (χ4v) is 5.01. The van der Waals surface area contributed by atoms with Crippen molar-refractivity contribution < 1.29 is 22.7 Å².